The Labute approximate surface area is 117 Å². The zero-order valence-electron chi connectivity index (χ0n) is 10.5. The molecular formula is C14H16ClNO3. The lowest BCUT2D eigenvalue weighted by Gasteiger charge is -2.14. The molecule has 4 nitrogen and oxygen atoms in total. The summed E-state index contributed by atoms with van der Waals surface area (Å²) in [6.07, 6.45) is 2.37. The number of rotatable bonds is 3. The molecule has 1 aromatic carbocycles. The predicted molar refractivity (Wildman–Crippen MR) is 71.6 cm³/mol. The van der Waals surface area contributed by atoms with Crippen molar-refractivity contribution in [1.29, 1.82) is 0 Å². The maximum absolute atomic E-state index is 12.0. The van der Waals surface area contributed by atoms with Gasteiger partial charge in [0.1, 0.15) is 5.75 Å². The van der Waals surface area contributed by atoms with Gasteiger partial charge >= 0.3 is 0 Å². The van der Waals surface area contributed by atoms with Crippen molar-refractivity contribution in [2.45, 2.75) is 31.5 Å². The van der Waals surface area contributed by atoms with E-state index in [-0.39, 0.29) is 12.0 Å². The van der Waals surface area contributed by atoms with Crippen molar-refractivity contribution in [2.75, 3.05) is 13.2 Å². The van der Waals surface area contributed by atoms with Gasteiger partial charge in [-0.2, -0.15) is 0 Å². The topological polar surface area (TPSA) is 47.6 Å². The van der Waals surface area contributed by atoms with E-state index in [4.69, 9.17) is 21.1 Å². The Kier molecular flexibility index (Phi) is 3.62. The van der Waals surface area contributed by atoms with Gasteiger partial charge in [0.2, 0.25) is 0 Å². The number of ether oxygens (including phenoxy) is 2. The highest BCUT2D eigenvalue weighted by molar-refractivity contribution is 6.30. The molecule has 3 rings (SSSR count). The van der Waals surface area contributed by atoms with Gasteiger partial charge in [-0.05, 0) is 36.6 Å². The molecule has 1 saturated heterocycles. The third kappa shape index (κ3) is 2.85. The highest BCUT2D eigenvalue weighted by Gasteiger charge is 2.29. The van der Waals surface area contributed by atoms with Crippen LogP contribution in [0.3, 0.4) is 0 Å². The van der Waals surface area contributed by atoms with Crippen LogP contribution in [0, 0.1) is 0 Å². The number of carbonyl (C=O) groups is 1. The van der Waals surface area contributed by atoms with Crippen LogP contribution in [0.2, 0.25) is 5.02 Å². The molecule has 2 aliphatic heterocycles. The minimum absolute atomic E-state index is 0.0807. The summed E-state index contributed by atoms with van der Waals surface area (Å²) in [4.78, 5) is 12.0. The molecule has 1 aromatic rings. The van der Waals surface area contributed by atoms with Crippen molar-refractivity contribution in [3.8, 4) is 5.75 Å². The first-order valence-corrected chi connectivity index (χ1v) is 6.94. The molecule has 0 bridgehead atoms. The summed E-state index contributed by atoms with van der Waals surface area (Å²) in [5.41, 5.74) is 0.991. The Morgan fingerprint density at radius 3 is 3.16 bits per heavy atom. The van der Waals surface area contributed by atoms with E-state index >= 15 is 0 Å². The van der Waals surface area contributed by atoms with E-state index in [0.717, 1.165) is 30.8 Å². The van der Waals surface area contributed by atoms with Crippen LogP contribution < -0.4 is 10.1 Å². The molecular weight excluding hydrogens is 266 g/mol. The Morgan fingerprint density at radius 1 is 1.47 bits per heavy atom. The largest absolute Gasteiger partial charge is 0.480 e. The summed E-state index contributed by atoms with van der Waals surface area (Å²) in [7, 11) is 0. The van der Waals surface area contributed by atoms with Crippen LogP contribution in [-0.2, 0) is 16.0 Å². The fourth-order valence-corrected chi connectivity index (χ4v) is 2.69. The van der Waals surface area contributed by atoms with Gasteiger partial charge in [-0.15, -0.1) is 0 Å². The van der Waals surface area contributed by atoms with E-state index in [1.54, 1.807) is 6.07 Å². The van der Waals surface area contributed by atoms with Crippen molar-refractivity contribution in [1.82, 2.24) is 5.32 Å². The summed E-state index contributed by atoms with van der Waals surface area (Å²) >= 11 is 5.93. The smallest absolute Gasteiger partial charge is 0.261 e. The molecule has 2 heterocycles. The molecule has 102 valence electrons. The Hall–Kier alpha value is -1.26. The van der Waals surface area contributed by atoms with Crippen molar-refractivity contribution in [2.24, 2.45) is 0 Å². The molecule has 19 heavy (non-hydrogen) atoms. The summed E-state index contributed by atoms with van der Waals surface area (Å²) in [5, 5.41) is 3.56. The van der Waals surface area contributed by atoms with Crippen molar-refractivity contribution < 1.29 is 14.3 Å². The number of carbonyl (C=O) groups excluding carboxylic acids is 1. The van der Waals surface area contributed by atoms with Gasteiger partial charge in [-0.25, -0.2) is 0 Å². The molecule has 0 aliphatic carbocycles. The number of fused-ring (bicyclic) bond motifs is 1. The van der Waals surface area contributed by atoms with Crippen molar-refractivity contribution >= 4 is 17.5 Å². The molecule has 1 amide bonds. The average molecular weight is 282 g/mol. The quantitative estimate of drug-likeness (QED) is 0.921. The summed E-state index contributed by atoms with van der Waals surface area (Å²) in [5.74, 6) is 0.671. The van der Waals surface area contributed by atoms with Gasteiger partial charge in [-0.1, -0.05) is 11.6 Å². The fourth-order valence-electron chi connectivity index (χ4n) is 2.50. The first-order chi connectivity index (χ1) is 9.22. The first-order valence-electron chi connectivity index (χ1n) is 6.57. The Morgan fingerprint density at radius 2 is 2.37 bits per heavy atom. The molecule has 0 spiro atoms. The second-order valence-electron chi connectivity index (χ2n) is 4.94. The molecule has 2 atom stereocenters. The Bertz CT molecular complexity index is 486. The second kappa shape index (κ2) is 5.39. The summed E-state index contributed by atoms with van der Waals surface area (Å²) in [6, 6.07) is 5.43. The van der Waals surface area contributed by atoms with Crippen molar-refractivity contribution in [3.05, 3.63) is 28.8 Å². The second-order valence-corrected chi connectivity index (χ2v) is 5.38. The van der Waals surface area contributed by atoms with Gasteiger partial charge in [-0.3, -0.25) is 4.79 Å². The fraction of sp³-hybridized carbons (Fsp3) is 0.500. The molecule has 1 N–H and O–H groups in total. The lowest BCUT2D eigenvalue weighted by Crippen LogP contribution is -2.40. The maximum Gasteiger partial charge on any atom is 0.261 e. The van der Waals surface area contributed by atoms with E-state index < -0.39 is 6.10 Å². The highest BCUT2D eigenvalue weighted by Crippen LogP contribution is 2.31. The normalized spacial score (nSPS) is 24.9. The molecule has 0 aromatic heterocycles. The third-order valence-electron chi connectivity index (χ3n) is 3.52. The van der Waals surface area contributed by atoms with E-state index in [9.17, 15) is 4.79 Å². The number of benzene rings is 1. The van der Waals surface area contributed by atoms with E-state index in [1.165, 1.54) is 0 Å². The monoisotopic (exact) mass is 281 g/mol. The highest BCUT2D eigenvalue weighted by atomic mass is 35.5. The van der Waals surface area contributed by atoms with Gasteiger partial charge in [0.25, 0.3) is 5.91 Å². The molecule has 0 unspecified atom stereocenters. The molecule has 0 radical (unpaired) electrons. The van der Waals surface area contributed by atoms with Crippen LogP contribution in [0.25, 0.3) is 0 Å². The van der Waals surface area contributed by atoms with Crippen LogP contribution in [0.5, 0.6) is 5.75 Å². The Balaban J connectivity index is 1.55. The number of nitrogens with one attached hydrogen (secondary N) is 1. The van der Waals surface area contributed by atoms with Gasteiger partial charge in [0.15, 0.2) is 6.10 Å². The average Bonchev–Trinajstić information content (AvgIpc) is 3.04. The van der Waals surface area contributed by atoms with E-state index in [2.05, 4.69) is 5.32 Å². The minimum atomic E-state index is -0.449. The van der Waals surface area contributed by atoms with Crippen molar-refractivity contribution in [3.63, 3.8) is 0 Å². The van der Waals surface area contributed by atoms with Crippen LogP contribution in [0.4, 0.5) is 0 Å². The van der Waals surface area contributed by atoms with Crippen LogP contribution >= 0.6 is 11.6 Å². The number of hydrogen-bond acceptors (Lipinski definition) is 3. The molecule has 0 saturated carbocycles. The predicted octanol–water partition coefficient (Wildman–Crippen LogP) is 1.94. The SMILES string of the molecule is O=C(NC[C@H]1CCCO1)[C@@H]1Cc2cc(Cl)ccc2O1. The van der Waals surface area contributed by atoms with E-state index in [1.807, 2.05) is 12.1 Å². The standard InChI is InChI=1S/C14H16ClNO3/c15-10-3-4-12-9(6-10)7-13(19-12)14(17)16-8-11-2-1-5-18-11/h3-4,6,11,13H,1-2,5,7-8H2,(H,16,17)/t11-,13+/m1/s1. The summed E-state index contributed by atoms with van der Waals surface area (Å²) in [6.45, 7) is 1.36. The van der Waals surface area contributed by atoms with Gasteiger partial charge < -0.3 is 14.8 Å². The van der Waals surface area contributed by atoms with Gasteiger partial charge in [0, 0.05) is 24.6 Å². The van der Waals surface area contributed by atoms with Crippen LogP contribution in [-0.4, -0.2) is 31.3 Å². The van der Waals surface area contributed by atoms with Gasteiger partial charge in [0.05, 0.1) is 6.10 Å². The van der Waals surface area contributed by atoms with E-state index in [0.29, 0.717) is 18.0 Å². The third-order valence-corrected chi connectivity index (χ3v) is 3.75. The summed E-state index contributed by atoms with van der Waals surface area (Å²) < 4.78 is 11.1. The maximum atomic E-state index is 12.0. The lowest BCUT2D eigenvalue weighted by atomic mass is 10.1. The molecule has 2 aliphatic rings. The molecule has 5 heteroatoms. The number of amides is 1. The van der Waals surface area contributed by atoms with Crippen LogP contribution in [0.15, 0.2) is 18.2 Å². The first kappa shape index (κ1) is 12.8. The van der Waals surface area contributed by atoms with Crippen LogP contribution in [0.1, 0.15) is 18.4 Å². The lowest BCUT2D eigenvalue weighted by molar-refractivity contribution is -0.127. The number of hydrogen-bond donors (Lipinski definition) is 1. The number of halogens is 1. The molecule has 1 fully saturated rings. The zero-order chi connectivity index (χ0) is 13.2. The minimum Gasteiger partial charge on any atom is -0.480 e. The zero-order valence-corrected chi connectivity index (χ0v) is 11.3.